The molecule has 0 heterocycles. The minimum atomic E-state index is -0.916. The molecule has 1 aromatic rings. The molecule has 21 heavy (non-hydrogen) atoms. The lowest BCUT2D eigenvalue weighted by Crippen LogP contribution is -2.46. The van der Waals surface area contributed by atoms with Crippen LogP contribution < -0.4 is 9.64 Å². The maximum atomic E-state index is 12.5. The van der Waals surface area contributed by atoms with E-state index in [0.717, 1.165) is 5.69 Å². The summed E-state index contributed by atoms with van der Waals surface area (Å²) in [5.41, 5.74) is 0.724. The van der Waals surface area contributed by atoms with Gasteiger partial charge in [0, 0.05) is 25.3 Å². The molecule has 0 aliphatic carbocycles. The van der Waals surface area contributed by atoms with Crippen molar-refractivity contribution in [2.75, 3.05) is 25.6 Å². The molecule has 1 atom stereocenters. The summed E-state index contributed by atoms with van der Waals surface area (Å²) < 4.78 is 5.08. The smallest absolute Gasteiger partial charge is 0.324 e. The minimum Gasteiger partial charge on any atom is -0.497 e. The second kappa shape index (κ2) is 7.52. The predicted octanol–water partition coefficient (Wildman–Crippen LogP) is 2.44. The van der Waals surface area contributed by atoms with Crippen molar-refractivity contribution in [3.8, 4) is 5.75 Å². The molecule has 1 N–H and O–H groups in total. The summed E-state index contributed by atoms with van der Waals surface area (Å²) in [6.45, 7) is 4.02. The molecular weight excluding hydrogens is 272 g/mol. The number of benzene rings is 1. The van der Waals surface area contributed by atoms with Crippen LogP contribution in [0.3, 0.4) is 0 Å². The number of amides is 2. The third-order valence-electron chi connectivity index (χ3n) is 3.34. The average molecular weight is 294 g/mol. The van der Waals surface area contributed by atoms with E-state index < -0.39 is 5.97 Å². The van der Waals surface area contributed by atoms with Crippen molar-refractivity contribution in [2.24, 2.45) is 0 Å². The topological polar surface area (TPSA) is 70.1 Å². The Morgan fingerprint density at radius 1 is 1.29 bits per heavy atom. The van der Waals surface area contributed by atoms with Crippen molar-refractivity contribution >= 4 is 17.7 Å². The lowest BCUT2D eigenvalue weighted by molar-refractivity contribution is -0.138. The molecule has 0 bridgehead atoms. The van der Waals surface area contributed by atoms with Crippen LogP contribution in [-0.2, 0) is 4.79 Å². The Labute approximate surface area is 124 Å². The minimum absolute atomic E-state index is 0.0734. The molecule has 0 radical (unpaired) electrons. The molecule has 2 amide bonds. The Balaban J connectivity index is 2.84. The highest BCUT2D eigenvalue weighted by Crippen LogP contribution is 2.20. The molecule has 0 fully saturated rings. The number of aliphatic carboxylic acids is 1. The molecule has 6 heteroatoms. The van der Waals surface area contributed by atoms with Crippen molar-refractivity contribution in [2.45, 2.75) is 26.3 Å². The molecule has 116 valence electrons. The van der Waals surface area contributed by atoms with Crippen LogP contribution in [0.1, 0.15) is 20.3 Å². The van der Waals surface area contributed by atoms with E-state index >= 15 is 0 Å². The first kappa shape index (κ1) is 16.8. The number of methoxy groups -OCH3 is 1. The van der Waals surface area contributed by atoms with Crippen LogP contribution in [0.25, 0.3) is 0 Å². The molecule has 6 nitrogen and oxygen atoms in total. The Kier molecular flexibility index (Phi) is 6.02. The van der Waals surface area contributed by atoms with Gasteiger partial charge < -0.3 is 14.7 Å². The van der Waals surface area contributed by atoms with Gasteiger partial charge in [0.25, 0.3) is 0 Å². The SMILES string of the molecule is CCN(C(=O)N(C)c1ccc(OC)cc1)C(C)CC(=O)O. The Morgan fingerprint density at radius 3 is 2.29 bits per heavy atom. The molecule has 0 aliphatic heterocycles. The number of carboxylic acids is 1. The number of anilines is 1. The number of ether oxygens (including phenoxy) is 1. The van der Waals surface area contributed by atoms with Crippen molar-refractivity contribution in [1.82, 2.24) is 4.90 Å². The average Bonchev–Trinajstić information content (AvgIpc) is 2.46. The summed E-state index contributed by atoms with van der Waals surface area (Å²) >= 11 is 0. The van der Waals surface area contributed by atoms with E-state index in [9.17, 15) is 9.59 Å². The Hall–Kier alpha value is -2.24. The van der Waals surface area contributed by atoms with E-state index in [1.54, 1.807) is 50.2 Å². The van der Waals surface area contributed by atoms with E-state index in [1.165, 1.54) is 4.90 Å². The first-order valence-corrected chi connectivity index (χ1v) is 6.80. The van der Waals surface area contributed by atoms with Crippen molar-refractivity contribution in [1.29, 1.82) is 0 Å². The molecule has 1 aromatic carbocycles. The van der Waals surface area contributed by atoms with Crippen molar-refractivity contribution in [3.63, 3.8) is 0 Å². The van der Waals surface area contributed by atoms with E-state index in [2.05, 4.69) is 0 Å². The van der Waals surface area contributed by atoms with Gasteiger partial charge in [-0.15, -0.1) is 0 Å². The second-order valence-corrected chi connectivity index (χ2v) is 4.77. The van der Waals surface area contributed by atoms with Crippen molar-refractivity contribution < 1.29 is 19.4 Å². The number of nitrogens with zero attached hydrogens (tertiary/aromatic N) is 2. The van der Waals surface area contributed by atoms with Crippen LogP contribution in [0.5, 0.6) is 5.75 Å². The number of urea groups is 1. The third kappa shape index (κ3) is 4.37. The quantitative estimate of drug-likeness (QED) is 0.875. The molecule has 0 saturated carbocycles. The highest BCUT2D eigenvalue weighted by atomic mass is 16.5. The maximum Gasteiger partial charge on any atom is 0.324 e. The Morgan fingerprint density at radius 2 is 1.86 bits per heavy atom. The normalized spacial score (nSPS) is 11.6. The van der Waals surface area contributed by atoms with Gasteiger partial charge >= 0.3 is 12.0 Å². The maximum absolute atomic E-state index is 12.5. The van der Waals surface area contributed by atoms with E-state index in [4.69, 9.17) is 9.84 Å². The first-order valence-electron chi connectivity index (χ1n) is 6.80. The molecule has 0 spiro atoms. The highest BCUT2D eigenvalue weighted by molar-refractivity contribution is 5.92. The summed E-state index contributed by atoms with van der Waals surface area (Å²) in [6, 6.07) is 6.53. The van der Waals surface area contributed by atoms with E-state index in [1.807, 2.05) is 6.92 Å². The van der Waals surface area contributed by atoms with Crippen LogP contribution in [0.15, 0.2) is 24.3 Å². The zero-order valence-electron chi connectivity index (χ0n) is 12.9. The van der Waals surface area contributed by atoms with Crippen LogP contribution in [-0.4, -0.2) is 48.8 Å². The fourth-order valence-electron chi connectivity index (χ4n) is 2.11. The van der Waals surface area contributed by atoms with Gasteiger partial charge in [-0.1, -0.05) is 0 Å². The Bertz CT molecular complexity index is 487. The number of carbonyl (C=O) groups excluding carboxylic acids is 1. The third-order valence-corrected chi connectivity index (χ3v) is 3.34. The zero-order chi connectivity index (χ0) is 16.0. The van der Waals surface area contributed by atoms with E-state index in [-0.39, 0.29) is 18.5 Å². The van der Waals surface area contributed by atoms with E-state index in [0.29, 0.717) is 12.3 Å². The van der Waals surface area contributed by atoms with Crippen LogP contribution >= 0.6 is 0 Å². The van der Waals surface area contributed by atoms with Gasteiger partial charge in [0.05, 0.1) is 13.5 Å². The van der Waals surface area contributed by atoms with Gasteiger partial charge in [-0.3, -0.25) is 9.69 Å². The molecule has 0 aliphatic rings. The van der Waals surface area contributed by atoms with Crippen molar-refractivity contribution in [3.05, 3.63) is 24.3 Å². The predicted molar refractivity (Wildman–Crippen MR) is 80.9 cm³/mol. The van der Waals surface area contributed by atoms with Gasteiger partial charge in [0.1, 0.15) is 5.75 Å². The number of hydrogen-bond acceptors (Lipinski definition) is 3. The standard InChI is InChI=1S/C15H22N2O4/c1-5-17(11(2)10-14(18)19)15(20)16(3)12-6-8-13(21-4)9-7-12/h6-9,11H,5,10H2,1-4H3,(H,18,19). The number of carboxylic acid groups (broad SMARTS) is 1. The monoisotopic (exact) mass is 294 g/mol. The van der Waals surface area contributed by atoms with Crippen LogP contribution in [0.2, 0.25) is 0 Å². The molecule has 1 rings (SSSR count). The lowest BCUT2D eigenvalue weighted by Gasteiger charge is -2.31. The fourth-order valence-corrected chi connectivity index (χ4v) is 2.11. The lowest BCUT2D eigenvalue weighted by atomic mass is 10.2. The van der Waals surface area contributed by atoms with Gasteiger partial charge in [-0.25, -0.2) is 4.79 Å². The largest absolute Gasteiger partial charge is 0.497 e. The first-order chi connectivity index (χ1) is 9.90. The molecule has 1 unspecified atom stereocenters. The fraction of sp³-hybridized carbons (Fsp3) is 0.467. The summed E-state index contributed by atoms with van der Waals surface area (Å²) in [5, 5.41) is 8.86. The molecule has 0 saturated heterocycles. The summed E-state index contributed by atoms with van der Waals surface area (Å²) in [5.74, 6) is -0.202. The summed E-state index contributed by atoms with van der Waals surface area (Å²) in [6.07, 6.45) is -0.0734. The number of rotatable bonds is 6. The second-order valence-electron chi connectivity index (χ2n) is 4.77. The van der Waals surface area contributed by atoms with Crippen LogP contribution in [0, 0.1) is 0 Å². The van der Waals surface area contributed by atoms with Gasteiger partial charge in [0.15, 0.2) is 0 Å². The molecule has 0 aromatic heterocycles. The van der Waals surface area contributed by atoms with Gasteiger partial charge in [-0.2, -0.15) is 0 Å². The summed E-state index contributed by atoms with van der Waals surface area (Å²) in [7, 11) is 3.25. The summed E-state index contributed by atoms with van der Waals surface area (Å²) in [4.78, 5) is 26.3. The van der Waals surface area contributed by atoms with Gasteiger partial charge in [0.2, 0.25) is 0 Å². The highest BCUT2D eigenvalue weighted by Gasteiger charge is 2.24. The zero-order valence-corrected chi connectivity index (χ0v) is 12.9. The van der Waals surface area contributed by atoms with Gasteiger partial charge in [-0.05, 0) is 38.1 Å². The number of carbonyl (C=O) groups is 2. The molecular formula is C15H22N2O4. The number of hydrogen-bond donors (Lipinski definition) is 1. The van der Waals surface area contributed by atoms with Crippen LogP contribution in [0.4, 0.5) is 10.5 Å².